The number of benzene rings is 3. The lowest BCUT2D eigenvalue weighted by molar-refractivity contribution is 0.482. The van der Waals surface area contributed by atoms with Gasteiger partial charge in [-0.1, -0.05) is 42.5 Å². The van der Waals surface area contributed by atoms with Gasteiger partial charge in [-0.3, -0.25) is 4.98 Å². The van der Waals surface area contributed by atoms with Crippen LogP contribution in [0.5, 0.6) is 11.5 Å². The molecule has 0 bridgehead atoms. The van der Waals surface area contributed by atoms with E-state index in [0.29, 0.717) is 5.82 Å². The fourth-order valence-corrected chi connectivity index (χ4v) is 2.60. The predicted octanol–water partition coefficient (Wildman–Crippen LogP) is 4.89. The van der Waals surface area contributed by atoms with Gasteiger partial charge >= 0.3 is 0 Å². The van der Waals surface area contributed by atoms with E-state index >= 15 is 0 Å². The summed E-state index contributed by atoms with van der Waals surface area (Å²) in [5.74, 6) is 2.25. The Morgan fingerprint density at radius 2 is 1.59 bits per heavy atom. The molecule has 1 aromatic heterocycles. The number of hydrogen-bond donors (Lipinski definition) is 0. The fourth-order valence-electron chi connectivity index (χ4n) is 2.60. The molecule has 1 heterocycles. The van der Waals surface area contributed by atoms with Crippen LogP contribution in [0.3, 0.4) is 0 Å². The molecule has 4 rings (SSSR count). The minimum absolute atomic E-state index is 0.682. The number of fused-ring (bicyclic) bond motifs is 1. The number of hydrogen-bond acceptors (Lipinski definition) is 5. The highest BCUT2D eigenvalue weighted by atomic mass is 16.5. The average molecular weight is 354 g/mol. The first kappa shape index (κ1) is 16.7. The highest BCUT2D eigenvalue weighted by Gasteiger charge is 2.03. The number of rotatable bonds is 5. The highest BCUT2D eigenvalue weighted by Crippen LogP contribution is 2.21. The van der Waals surface area contributed by atoms with Gasteiger partial charge in [-0.25, -0.2) is 9.99 Å². The second kappa shape index (κ2) is 7.66. The molecule has 0 amide bonds. The molecule has 0 atom stereocenters. The number of hydrazone groups is 1. The van der Waals surface area contributed by atoms with Crippen molar-refractivity contribution in [2.45, 2.75) is 0 Å². The minimum Gasteiger partial charge on any atom is -0.457 e. The number of ether oxygens (including phenoxy) is 1. The average Bonchev–Trinajstić information content (AvgIpc) is 2.73. The Morgan fingerprint density at radius 3 is 2.44 bits per heavy atom. The Kier molecular flexibility index (Phi) is 4.74. The van der Waals surface area contributed by atoms with E-state index in [1.807, 2.05) is 85.9 Å². The molecule has 0 aliphatic carbocycles. The summed E-state index contributed by atoms with van der Waals surface area (Å²) in [6.07, 6.45) is 3.49. The summed E-state index contributed by atoms with van der Waals surface area (Å²) < 4.78 is 5.86. The second-order valence-corrected chi connectivity index (χ2v) is 5.97. The Balaban J connectivity index is 1.50. The molecule has 0 fully saturated rings. The summed E-state index contributed by atoms with van der Waals surface area (Å²) in [6.45, 7) is 0. The van der Waals surface area contributed by atoms with Crippen LogP contribution >= 0.6 is 0 Å². The Hall–Kier alpha value is -3.73. The van der Waals surface area contributed by atoms with Crippen molar-refractivity contribution < 1.29 is 4.74 Å². The number of aromatic nitrogens is 2. The molecule has 0 saturated heterocycles. The Morgan fingerprint density at radius 1 is 0.852 bits per heavy atom. The summed E-state index contributed by atoms with van der Waals surface area (Å²) in [5.41, 5.74) is 2.64. The van der Waals surface area contributed by atoms with Gasteiger partial charge in [0.05, 0.1) is 23.4 Å². The van der Waals surface area contributed by atoms with Crippen LogP contribution in [0.25, 0.3) is 11.0 Å². The molecule has 132 valence electrons. The fraction of sp³-hybridized carbons (Fsp3) is 0.0455. The summed E-state index contributed by atoms with van der Waals surface area (Å²) in [6, 6.07) is 25.2. The molecule has 0 N–H and O–H groups in total. The van der Waals surface area contributed by atoms with Crippen LogP contribution in [0, 0.1) is 0 Å². The lowest BCUT2D eigenvalue weighted by atomic mass is 10.2. The van der Waals surface area contributed by atoms with Crippen LogP contribution in [-0.4, -0.2) is 23.2 Å². The molecule has 0 aliphatic rings. The van der Waals surface area contributed by atoms with Crippen LogP contribution in [-0.2, 0) is 0 Å². The van der Waals surface area contributed by atoms with Gasteiger partial charge < -0.3 is 4.74 Å². The zero-order valence-corrected chi connectivity index (χ0v) is 14.9. The van der Waals surface area contributed by atoms with E-state index in [0.717, 1.165) is 28.1 Å². The summed E-state index contributed by atoms with van der Waals surface area (Å²) in [4.78, 5) is 9.01. The van der Waals surface area contributed by atoms with Crippen molar-refractivity contribution in [3.05, 3.63) is 90.6 Å². The van der Waals surface area contributed by atoms with E-state index in [-0.39, 0.29) is 0 Å². The largest absolute Gasteiger partial charge is 0.457 e. The third-order valence-electron chi connectivity index (χ3n) is 3.98. The van der Waals surface area contributed by atoms with E-state index in [2.05, 4.69) is 15.1 Å². The topological polar surface area (TPSA) is 50.6 Å². The minimum atomic E-state index is 0.682. The van der Waals surface area contributed by atoms with E-state index in [9.17, 15) is 0 Å². The van der Waals surface area contributed by atoms with Crippen molar-refractivity contribution in [1.29, 1.82) is 0 Å². The third kappa shape index (κ3) is 4.10. The van der Waals surface area contributed by atoms with Crippen molar-refractivity contribution in [2.75, 3.05) is 12.1 Å². The van der Waals surface area contributed by atoms with Crippen molar-refractivity contribution in [3.8, 4) is 11.5 Å². The molecule has 27 heavy (non-hydrogen) atoms. The summed E-state index contributed by atoms with van der Waals surface area (Å²) in [7, 11) is 1.85. The molecular formula is C22H18N4O. The second-order valence-electron chi connectivity index (χ2n) is 5.97. The van der Waals surface area contributed by atoms with E-state index in [1.165, 1.54) is 0 Å². The monoisotopic (exact) mass is 354 g/mol. The highest BCUT2D eigenvalue weighted by molar-refractivity contribution is 5.81. The zero-order chi connectivity index (χ0) is 18.5. The van der Waals surface area contributed by atoms with E-state index in [1.54, 1.807) is 17.4 Å². The van der Waals surface area contributed by atoms with Crippen LogP contribution < -0.4 is 9.75 Å². The molecule has 0 unspecified atom stereocenters. The Bertz CT molecular complexity index is 1080. The van der Waals surface area contributed by atoms with Crippen molar-refractivity contribution in [2.24, 2.45) is 5.10 Å². The van der Waals surface area contributed by atoms with E-state index in [4.69, 9.17) is 4.74 Å². The van der Waals surface area contributed by atoms with Crippen LogP contribution in [0.2, 0.25) is 0 Å². The van der Waals surface area contributed by atoms with E-state index < -0.39 is 0 Å². The quantitative estimate of drug-likeness (QED) is 0.378. The first-order valence-corrected chi connectivity index (χ1v) is 8.60. The molecule has 5 heteroatoms. The molecule has 0 spiro atoms. The molecule has 0 saturated carbocycles. The summed E-state index contributed by atoms with van der Waals surface area (Å²) >= 11 is 0. The van der Waals surface area contributed by atoms with Gasteiger partial charge in [0.15, 0.2) is 5.82 Å². The number of nitrogens with zero attached hydrogens (tertiary/aromatic N) is 4. The van der Waals surface area contributed by atoms with Crippen molar-refractivity contribution in [1.82, 2.24) is 9.97 Å². The van der Waals surface area contributed by atoms with Gasteiger partial charge in [-0.15, -0.1) is 0 Å². The maximum atomic E-state index is 5.86. The molecule has 4 aromatic rings. The summed E-state index contributed by atoms with van der Waals surface area (Å²) in [5, 5.41) is 6.17. The van der Waals surface area contributed by atoms with Gasteiger partial charge in [0, 0.05) is 7.05 Å². The van der Waals surface area contributed by atoms with Crippen molar-refractivity contribution in [3.63, 3.8) is 0 Å². The zero-order valence-electron chi connectivity index (χ0n) is 14.9. The molecule has 0 aliphatic heterocycles. The van der Waals surface area contributed by atoms with Crippen molar-refractivity contribution >= 4 is 23.1 Å². The van der Waals surface area contributed by atoms with Gasteiger partial charge in [-0.05, 0) is 42.0 Å². The maximum Gasteiger partial charge on any atom is 0.167 e. The smallest absolute Gasteiger partial charge is 0.167 e. The molecule has 0 radical (unpaired) electrons. The molecular weight excluding hydrogens is 336 g/mol. The van der Waals surface area contributed by atoms with Gasteiger partial charge in [-0.2, -0.15) is 5.10 Å². The molecule has 3 aromatic carbocycles. The molecule has 5 nitrogen and oxygen atoms in total. The SMILES string of the molecule is CN(N=Cc1cccc(Oc2ccccc2)c1)c1cnc2ccccc2n1. The normalized spacial score (nSPS) is 11.0. The lowest BCUT2D eigenvalue weighted by Gasteiger charge is -2.12. The van der Waals surface area contributed by atoms with Gasteiger partial charge in [0.25, 0.3) is 0 Å². The third-order valence-corrected chi connectivity index (χ3v) is 3.98. The lowest BCUT2D eigenvalue weighted by Crippen LogP contribution is -2.11. The maximum absolute atomic E-state index is 5.86. The predicted molar refractivity (Wildman–Crippen MR) is 108 cm³/mol. The first-order valence-electron chi connectivity index (χ1n) is 8.60. The first-order chi connectivity index (χ1) is 13.3. The van der Waals surface area contributed by atoms with Crippen LogP contribution in [0.15, 0.2) is 90.2 Å². The standard InChI is InChI=1S/C22H18N4O/c1-26(22-16-23-20-12-5-6-13-21(20)25-22)24-15-17-8-7-11-19(14-17)27-18-9-3-2-4-10-18/h2-16H,1H3. The van der Waals surface area contributed by atoms with Crippen LogP contribution in [0.4, 0.5) is 5.82 Å². The Labute approximate surface area is 157 Å². The van der Waals surface area contributed by atoms with Gasteiger partial charge in [0.1, 0.15) is 11.5 Å². The number of anilines is 1. The van der Waals surface area contributed by atoms with Gasteiger partial charge in [0.2, 0.25) is 0 Å². The number of para-hydroxylation sites is 3. The van der Waals surface area contributed by atoms with Crippen LogP contribution in [0.1, 0.15) is 5.56 Å².